The third kappa shape index (κ3) is 3.31. The molecule has 0 atom stereocenters. The van der Waals surface area contributed by atoms with Gasteiger partial charge in [-0.1, -0.05) is 0 Å². The molecule has 134 valence electrons. The quantitative estimate of drug-likeness (QED) is 0.707. The Kier molecular flexibility index (Phi) is 4.63. The molecule has 0 spiro atoms. The summed E-state index contributed by atoms with van der Waals surface area (Å²) in [7, 11) is 0. The lowest BCUT2D eigenvalue weighted by atomic mass is 10.0. The van der Waals surface area contributed by atoms with Gasteiger partial charge in [0.2, 0.25) is 0 Å². The Morgan fingerprint density at radius 1 is 1.31 bits per heavy atom. The van der Waals surface area contributed by atoms with Crippen molar-refractivity contribution in [3.05, 3.63) is 52.7 Å². The molecule has 1 aliphatic rings. The van der Waals surface area contributed by atoms with Gasteiger partial charge in [-0.2, -0.15) is 0 Å². The number of amides is 1. The number of halogens is 1. The highest BCUT2D eigenvalue weighted by Crippen LogP contribution is 2.27. The molecule has 6 nitrogen and oxygen atoms in total. The summed E-state index contributed by atoms with van der Waals surface area (Å²) in [5.74, 6) is 0.594. The van der Waals surface area contributed by atoms with Gasteiger partial charge >= 0.3 is 0 Å². The van der Waals surface area contributed by atoms with Crippen LogP contribution in [0.4, 0.5) is 5.69 Å². The number of piperidine rings is 1. The molecule has 0 aliphatic carbocycles. The van der Waals surface area contributed by atoms with Crippen LogP contribution in [0.3, 0.4) is 0 Å². The van der Waals surface area contributed by atoms with Gasteiger partial charge in [0.1, 0.15) is 11.3 Å². The number of pyridine rings is 2. The smallest absolute Gasteiger partial charge is 0.255 e. The number of hydrogen-bond acceptors (Lipinski definition) is 5. The second kappa shape index (κ2) is 7.07. The van der Waals surface area contributed by atoms with Gasteiger partial charge in [0.15, 0.2) is 0 Å². The van der Waals surface area contributed by atoms with Crippen molar-refractivity contribution in [1.29, 1.82) is 0 Å². The van der Waals surface area contributed by atoms with Crippen LogP contribution in [-0.2, 0) is 0 Å². The summed E-state index contributed by atoms with van der Waals surface area (Å²) >= 11 is 3.44. The first-order valence-corrected chi connectivity index (χ1v) is 9.41. The number of nitrogens with zero attached hydrogens (tertiary/aromatic N) is 3. The van der Waals surface area contributed by atoms with Crippen molar-refractivity contribution in [1.82, 2.24) is 15.3 Å². The van der Waals surface area contributed by atoms with Crippen molar-refractivity contribution >= 4 is 38.6 Å². The maximum atomic E-state index is 12.3. The molecule has 1 fully saturated rings. The molecule has 1 amide bonds. The van der Waals surface area contributed by atoms with Gasteiger partial charge in [0, 0.05) is 36.0 Å². The molecule has 0 aromatic carbocycles. The van der Waals surface area contributed by atoms with Crippen molar-refractivity contribution in [2.75, 3.05) is 18.0 Å². The van der Waals surface area contributed by atoms with Crippen LogP contribution in [0.25, 0.3) is 11.0 Å². The van der Waals surface area contributed by atoms with Crippen LogP contribution >= 0.6 is 15.9 Å². The SMILES string of the molecule is Cc1occc1C(=O)NC1CCN(c2ccnc3cc(Br)cnc23)CC1. The van der Waals surface area contributed by atoms with Gasteiger partial charge in [-0.15, -0.1) is 0 Å². The summed E-state index contributed by atoms with van der Waals surface area (Å²) in [6, 6.07) is 5.87. The molecule has 1 N–H and O–H groups in total. The largest absolute Gasteiger partial charge is 0.469 e. The Labute approximate surface area is 159 Å². The zero-order valence-corrected chi connectivity index (χ0v) is 16.0. The van der Waals surface area contributed by atoms with Crippen LogP contribution in [0, 0.1) is 6.92 Å². The zero-order chi connectivity index (χ0) is 18.1. The number of aromatic nitrogens is 2. The highest BCUT2D eigenvalue weighted by molar-refractivity contribution is 9.10. The van der Waals surface area contributed by atoms with Crippen LogP contribution < -0.4 is 10.2 Å². The first kappa shape index (κ1) is 17.0. The fourth-order valence-electron chi connectivity index (χ4n) is 3.40. The Morgan fingerprint density at radius 3 is 2.85 bits per heavy atom. The van der Waals surface area contributed by atoms with E-state index >= 15 is 0 Å². The van der Waals surface area contributed by atoms with E-state index in [-0.39, 0.29) is 11.9 Å². The van der Waals surface area contributed by atoms with Gasteiger partial charge < -0.3 is 14.6 Å². The molecule has 4 heterocycles. The number of furan rings is 1. The van der Waals surface area contributed by atoms with Gasteiger partial charge in [-0.05, 0) is 53.9 Å². The molecular formula is C19H19BrN4O2. The number of aryl methyl sites for hydroxylation is 1. The summed E-state index contributed by atoms with van der Waals surface area (Å²) in [5, 5.41) is 3.12. The lowest BCUT2D eigenvalue weighted by molar-refractivity contribution is 0.0929. The molecule has 3 aromatic rings. The van der Waals surface area contributed by atoms with Crippen molar-refractivity contribution in [2.45, 2.75) is 25.8 Å². The van der Waals surface area contributed by atoms with Gasteiger partial charge in [-0.3, -0.25) is 14.8 Å². The Morgan fingerprint density at radius 2 is 2.12 bits per heavy atom. The standard InChI is InChI=1S/C19H19BrN4O2/c1-12-15(5-9-26-12)19(25)23-14-3-7-24(8-4-14)17-2-6-21-16-10-13(20)11-22-18(16)17/h2,5-6,9-11,14H,3-4,7-8H2,1H3,(H,23,25). The highest BCUT2D eigenvalue weighted by atomic mass is 79.9. The highest BCUT2D eigenvalue weighted by Gasteiger charge is 2.23. The first-order chi connectivity index (χ1) is 12.6. The molecule has 1 aliphatic heterocycles. The monoisotopic (exact) mass is 414 g/mol. The number of anilines is 1. The minimum absolute atomic E-state index is 0.0597. The molecule has 7 heteroatoms. The van der Waals surface area contributed by atoms with E-state index in [1.165, 1.54) is 0 Å². The number of nitrogens with one attached hydrogen (secondary N) is 1. The summed E-state index contributed by atoms with van der Waals surface area (Å²) in [4.78, 5) is 23.6. The lowest BCUT2D eigenvalue weighted by Gasteiger charge is -2.34. The molecule has 4 rings (SSSR count). The fourth-order valence-corrected chi connectivity index (χ4v) is 3.71. The van der Waals surface area contributed by atoms with Crippen molar-refractivity contribution in [3.63, 3.8) is 0 Å². The van der Waals surface area contributed by atoms with E-state index in [0.29, 0.717) is 11.3 Å². The molecule has 0 bridgehead atoms. The third-order valence-electron chi connectivity index (χ3n) is 4.80. The number of carbonyl (C=O) groups excluding carboxylic acids is 1. The number of hydrogen-bond donors (Lipinski definition) is 1. The van der Waals surface area contributed by atoms with E-state index < -0.39 is 0 Å². The van der Waals surface area contributed by atoms with Gasteiger partial charge in [0.05, 0.1) is 23.0 Å². The molecule has 0 unspecified atom stereocenters. The van der Waals surface area contributed by atoms with Crippen molar-refractivity contribution < 1.29 is 9.21 Å². The first-order valence-electron chi connectivity index (χ1n) is 8.62. The number of carbonyl (C=O) groups is 1. The molecular weight excluding hydrogens is 396 g/mol. The molecule has 3 aromatic heterocycles. The second-order valence-corrected chi connectivity index (χ2v) is 7.39. The second-order valence-electron chi connectivity index (χ2n) is 6.48. The summed E-state index contributed by atoms with van der Waals surface area (Å²) < 4.78 is 6.14. The van der Waals surface area contributed by atoms with Gasteiger partial charge in [-0.25, -0.2) is 0 Å². The minimum atomic E-state index is -0.0597. The normalized spacial score (nSPS) is 15.4. The van der Waals surface area contributed by atoms with Crippen LogP contribution in [-0.4, -0.2) is 35.0 Å². The molecule has 1 saturated heterocycles. The van der Waals surface area contributed by atoms with E-state index in [1.807, 2.05) is 18.3 Å². The fraction of sp³-hybridized carbons (Fsp3) is 0.316. The van der Waals surface area contributed by atoms with E-state index in [2.05, 4.69) is 36.1 Å². The average molecular weight is 415 g/mol. The van der Waals surface area contributed by atoms with Crippen LogP contribution in [0.1, 0.15) is 29.0 Å². The number of fused-ring (bicyclic) bond motifs is 1. The predicted octanol–water partition coefficient (Wildman–Crippen LogP) is 3.69. The number of rotatable bonds is 3. The van der Waals surface area contributed by atoms with E-state index in [1.54, 1.807) is 25.5 Å². The third-order valence-corrected chi connectivity index (χ3v) is 5.23. The van der Waals surface area contributed by atoms with Gasteiger partial charge in [0.25, 0.3) is 5.91 Å². The van der Waals surface area contributed by atoms with Crippen molar-refractivity contribution in [3.8, 4) is 0 Å². The Hall–Kier alpha value is -2.41. The average Bonchev–Trinajstić information content (AvgIpc) is 3.08. The van der Waals surface area contributed by atoms with E-state index in [0.717, 1.165) is 47.1 Å². The topological polar surface area (TPSA) is 71.3 Å². The van der Waals surface area contributed by atoms with Crippen LogP contribution in [0.2, 0.25) is 0 Å². The van der Waals surface area contributed by atoms with Crippen LogP contribution in [0.15, 0.2) is 45.7 Å². The molecule has 26 heavy (non-hydrogen) atoms. The zero-order valence-electron chi connectivity index (χ0n) is 14.4. The summed E-state index contributed by atoms with van der Waals surface area (Å²) in [6.45, 7) is 3.54. The summed E-state index contributed by atoms with van der Waals surface area (Å²) in [5.41, 5.74) is 3.50. The van der Waals surface area contributed by atoms with E-state index in [4.69, 9.17) is 4.42 Å². The predicted molar refractivity (Wildman–Crippen MR) is 103 cm³/mol. The maximum absolute atomic E-state index is 12.3. The molecule has 0 radical (unpaired) electrons. The maximum Gasteiger partial charge on any atom is 0.255 e. The Bertz CT molecular complexity index is 948. The summed E-state index contributed by atoms with van der Waals surface area (Å²) in [6.07, 6.45) is 6.95. The molecule has 0 saturated carbocycles. The van der Waals surface area contributed by atoms with E-state index in [9.17, 15) is 4.79 Å². The lowest BCUT2D eigenvalue weighted by Crippen LogP contribution is -2.44. The Balaban J connectivity index is 1.44. The minimum Gasteiger partial charge on any atom is -0.469 e. The van der Waals surface area contributed by atoms with Crippen molar-refractivity contribution in [2.24, 2.45) is 0 Å². The van der Waals surface area contributed by atoms with Crippen LogP contribution in [0.5, 0.6) is 0 Å².